The van der Waals surface area contributed by atoms with Crippen LogP contribution in [0.25, 0.3) is 122 Å². The van der Waals surface area contributed by atoms with Gasteiger partial charge in [0.05, 0.1) is 44.7 Å². The van der Waals surface area contributed by atoms with Gasteiger partial charge in [0.2, 0.25) is 5.95 Å². The van der Waals surface area contributed by atoms with Crippen LogP contribution in [0.15, 0.2) is 249 Å². The van der Waals surface area contributed by atoms with Crippen LogP contribution < -0.4 is 4.90 Å². The lowest BCUT2D eigenvalue weighted by molar-refractivity contribution is 1.11. The molecule has 0 aliphatic carbocycles. The second-order valence-electron chi connectivity index (χ2n) is 19.0. The number of aromatic nitrogens is 4. The molecule has 340 valence electrons. The topological polar surface area (TPSA) is 38.9 Å². The summed E-state index contributed by atoms with van der Waals surface area (Å²) in [5.74, 6) is 0.603. The second-order valence-corrected chi connectivity index (χ2v) is 19.0. The lowest BCUT2D eigenvalue weighted by Gasteiger charge is -2.26. The number of benzene rings is 11. The van der Waals surface area contributed by atoms with E-state index < -0.39 is 0 Å². The molecular weight excluding hydrogens is 887 g/mol. The maximum absolute atomic E-state index is 5.63. The van der Waals surface area contributed by atoms with Crippen LogP contribution in [0.2, 0.25) is 0 Å². The first-order chi connectivity index (χ1) is 36.2. The normalized spacial score (nSPS) is 12.3. The van der Waals surface area contributed by atoms with Gasteiger partial charge in [-0.25, -0.2) is 9.97 Å². The zero-order chi connectivity index (χ0) is 48.0. The van der Waals surface area contributed by atoms with Crippen LogP contribution in [0.4, 0.5) is 17.3 Å². The third-order valence-corrected chi connectivity index (χ3v) is 14.9. The first-order valence-electron chi connectivity index (χ1n) is 24.9. The maximum atomic E-state index is 5.63. The predicted molar refractivity (Wildman–Crippen MR) is 306 cm³/mol. The van der Waals surface area contributed by atoms with E-state index in [0.29, 0.717) is 5.95 Å². The Morgan fingerprint density at radius 1 is 0.301 bits per heavy atom. The Labute approximate surface area is 421 Å². The fraction of sp³-hybridized carbons (Fsp3) is 0. The number of fused-ring (bicyclic) bond motifs is 10. The summed E-state index contributed by atoms with van der Waals surface area (Å²) in [6.07, 6.45) is 4.54. The molecule has 1 aliphatic heterocycles. The largest absolute Gasteiger partial charge is 0.309 e. The van der Waals surface area contributed by atoms with Crippen molar-refractivity contribution < 1.29 is 0 Å². The highest BCUT2D eigenvalue weighted by Crippen LogP contribution is 2.47. The number of hydrogen-bond acceptors (Lipinski definition) is 3. The highest BCUT2D eigenvalue weighted by atomic mass is 15.3. The summed E-state index contributed by atoms with van der Waals surface area (Å²) < 4.78 is 4.77. The third-order valence-electron chi connectivity index (χ3n) is 14.9. The van der Waals surface area contributed by atoms with Gasteiger partial charge in [-0.05, 0) is 111 Å². The van der Waals surface area contributed by atoms with Crippen LogP contribution in [0.5, 0.6) is 0 Å². The lowest BCUT2D eigenvalue weighted by Crippen LogP contribution is -2.15. The minimum absolute atomic E-state index is 0.603. The van der Waals surface area contributed by atoms with E-state index in [-0.39, 0.29) is 0 Å². The molecule has 0 saturated carbocycles. The van der Waals surface area contributed by atoms with Gasteiger partial charge in [0.15, 0.2) is 0 Å². The molecule has 5 heteroatoms. The van der Waals surface area contributed by atoms with Crippen molar-refractivity contribution in [3.05, 3.63) is 260 Å². The Bertz CT molecular complexity index is 4540. The van der Waals surface area contributed by atoms with Crippen LogP contribution in [0, 0.1) is 0 Å². The van der Waals surface area contributed by atoms with Gasteiger partial charge in [0.1, 0.15) is 0 Å². The second kappa shape index (κ2) is 16.4. The molecule has 0 fully saturated rings. The zero-order valence-electron chi connectivity index (χ0n) is 39.6. The molecule has 0 unspecified atom stereocenters. The van der Waals surface area contributed by atoms with Gasteiger partial charge in [-0.1, -0.05) is 188 Å². The van der Waals surface area contributed by atoms with Gasteiger partial charge in [0.25, 0.3) is 0 Å². The summed E-state index contributed by atoms with van der Waals surface area (Å²) in [4.78, 5) is 13.4. The molecule has 0 N–H and O–H groups in total. The number of rotatable bonds is 6. The summed E-state index contributed by atoms with van der Waals surface area (Å²) in [5, 5.41) is 8.27. The summed E-state index contributed by atoms with van der Waals surface area (Å²) in [6, 6.07) is 89.6. The van der Waals surface area contributed by atoms with Crippen molar-refractivity contribution in [2.24, 2.45) is 0 Å². The van der Waals surface area contributed by atoms with E-state index in [1.807, 2.05) is 0 Å². The Balaban J connectivity index is 0.941. The van der Waals surface area contributed by atoms with E-state index in [2.05, 4.69) is 275 Å². The highest BCUT2D eigenvalue weighted by Gasteiger charge is 2.27. The Morgan fingerprint density at radius 2 is 0.836 bits per heavy atom. The predicted octanol–water partition coefficient (Wildman–Crippen LogP) is 17.9. The van der Waals surface area contributed by atoms with Crippen molar-refractivity contribution in [3.8, 4) is 44.9 Å². The molecule has 0 spiro atoms. The summed E-state index contributed by atoms with van der Waals surface area (Å²) in [5.41, 5.74) is 18.5. The van der Waals surface area contributed by atoms with E-state index in [1.54, 1.807) is 0 Å². The maximum Gasteiger partial charge on any atom is 0.235 e. The van der Waals surface area contributed by atoms with Gasteiger partial charge in [-0.15, -0.1) is 0 Å². The Morgan fingerprint density at radius 3 is 1.58 bits per heavy atom. The van der Waals surface area contributed by atoms with Gasteiger partial charge in [-0.3, -0.25) is 4.90 Å². The van der Waals surface area contributed by atoms with E-state index in [4.69, 9.17) is 9.97 Å². The van der Waals surface area contributed by atoms with Crippen LogP contribution >= 0.6 is 0 Å². The highest BCUT2D eigenvalue weighted by molar-refractivity contribution is 6.13. The fourth-order valence-electron chi connectivity index (χ4n) is 11.5. The summed E-state index contributed by atoms with van der Waals surface area (Å²) in [6.45, 7) is 0. The standard InChI is InChI=1S/C68H43N5/c1-3-18-51(19-4-1)71-62-28-13-10-23-55(62)57-38-36-48(41-65(57)71)47-37-39-61-49(40-47)34-35-50-42-66-59(56-24-11-14-29-63(56)72(66)52-20-5-2-6-21-52)43-64(50)73(61)68-69-60-27-12-9-25-58(60)67(70-68)46-32-30-45(31-33-46)54-26-15-17-44-16-7-8-22-53(44)54/h1-43H. The van der Waals surface area contributed by atoms with Crippen LogP contribution in [0.3, 0.4) is 0 Å². The number of hydrogen-bond donors (Lipinski definition) is 0. The molecule has 5 nitrogen and oxygen atoms in total. The van der Waals surface area contributed by atoms with E-state index in [0.717, 1.165) is 89.1 Å². The number of nitrogens with zero attached hydrogens (tertiary/aromatic N) is 5. The summed E-state index contributed by atoms with van der Waals surface area (Å²) in [7, 11) is 0. The summed E-state index contributed by atoms with van der Waals surface area (Å²) >= 11 is 0. The molecule has 11 aromatic carbocycles. The van der Waals surface area contributed by atoms with Crippen LogP contribution in [-0.2, 0) is 0 Å². The van der Waals surface area contributed by atoms with Gasteiger partial charge in [0, 0.05) is 49.4 Å². The zero-order valence-corrected chi connectivity index (χ0v) is 39.6. The molecule has 1 aliphatic rings. The van der Waals surface area contributed by atoms with Crippen molar-refractivity contribution in [2.75, 3.05) is 4.90 Å². The quantitative estimate of drug-likeness (QED) is 0.167. The Hall–Kier alpha value is -9.84. The minimum Gasteiger partial charge on any atom is -0.309 e. The molecule has 15 rings (SSSR count). The van der Waals surface area contributed by atoms with Gasteiger partial charge in [-0.2, -0.15) is 0 Å². The molecule has 4 heterocycles. The molecule has 3 aromatic heterocycles. The number of para-hydroxylation sites is 5. The van der Waals surface area contributed by atoms with Crippen molar-refractivity contribution >= 4 is 94.8 Å². The molecule has 73 heavy (non-hydrogen) atoms. The van der Waals surface area contributed by atoms with E-state index in [9.17, 15) is 0 Å². The first-order valence-corrected chi connectivity index (χ1v) is 24.9. The van der Waals surface area contributed by atoms with Crippen molar-refractivity contribution in [1.82, 2.24) is 19.1 Å². The SMILES string of the molecule is C1=Cc2cc3c(cc2N(c2nc(-c4ccc(-c5cccc6ccccc56)cc4)c4ccccc4n2)c2ccc(-c4ccc5c6ccccc6n(-c6ccccc6)c5c4)cc21)c1ccccc1n3-c1ccccc1. The first kappa shape index (κ1) is 41.0. The van der Waals surface area contributed by atoms with E-state index >= 15 is 0 Å². The fourth-order valence-corrected chi connectivity index (χ4v) is 11.5. The molecule has 0 bridgehead atoms. The molecule has 0 amide bonds. The van der Waals surface area contributed by atoms with Crippen molar-refractivity contribution in [2.45, 2.75) is 0 Å². The average molecular weight is 930 g/mol. The minimum atomic E-state index is 0.603. The van der Waals surface area contributed by atoms with Crippen LogP contribution in [0.1, 0.15) is 11.1 Å². The monoisotopic (exact) mass is 929 g/mol. The third kappa shape index (κ3) is 6.56. The number of anilines is 3. The van der Waals surface area contributed by atoms with E-state index in [1.165, 1.54) is 43.5 Å². The smallest absolute Gasteiger partial charge is 0.235 e. The molecular formula is C68H43N5. The van der Waals surface area contributed by atoms with Crippen molar-refractivity contribution in [1.29, 1.82) is 0 Å². The van der Waals surface area contributed by atoms with Crippen molar-refractivity contribution in [3.63, 3.8) is 0 Å². The molecule has 14 aromatic rings. The van der Waals surface area contributed by atoms with Crippen LogP contribution in [-0.4, -0.2) is 19.1 Å². The molecule has 0 atom stereocenters. The van der Waals surface area contributed by atoms with Gasteiger partial charge < -0.3 is 9.13 Å². The molecule has 0 radical (unpaired) electrons. The molecule has 0 saturated heterocycles. The van der Waals surface area contributed by atoms with Gasteiger partial charge >= 0.3 is 0 Å². The average Bonchev–Trinajstić information content (AvgIpc) is 3.90. The lowest BCUT2D eigenvalue weighted by atomic mass is 9.96. The Kier molecular flexibility index (Phi) is 9.19.